The largest absolute Gasteiger partial charge is 0.342 e. The molecule has 1 unspecified atom stereocenters. The SMILES string of the molecule is CCC(CC)CN(CC)C(=O)C(C)C1CNC1. The molecule has 1 aliphatic heterocycles. The highest BCUT2D eigenvalue weighted by Gasteiger charge is 2.31. The highest BCUT2D eigenvalue weighted by Crippen LogP contribution is 2.20. The molecular formula is C14H28N2O. The fourth-order valence-corrected chi connectivity index (χ4v) is 2.39. The molecule has 0 aromatic carbocycles. The summed E-state index contributed by atoms with van der Waals surface area (Å²) in [6.07, 6.45) is 2.33. The zero-order valence-electron chi connectivity index (χ0n) is 11.8. The van der Waals surface area contributed by atoms with Gasteiger partial charge in [0, 0.05) is 19.0 Å². The predicted molar refractivity (Wildman–Crippen MR) is 71.8 cm³/mol. The Hall–Kier alpha value is -0.570. The van der Waals surface area contributed by atoms with E-state index in [1.807, 2.05) is 0 Å². The van der Waals surface area contributed by atoms with Crippen LogP contribution in [-0.2, 0) is 4.79 Å². The monoisotopic (exact) mass is 240 g/mol. The number of rotatable bonds is 7. The van der Waals surface area contributed by atoms with Crippen LogP contribution in [0.4, 0.5) is 0 Å². The van der Waals surface area contributed by atoms with Gasteiger partial charge in [0.25, 0.3) is 0 Å². The third kappa shape index (κ3) is 3.70. The van der Waals surface area contributed by atoms with Gasteiger partial charge < -0.3 is 10.2 Å². The van der Waals surface area contributed by atoms with Crippen molar-refractivity contribution in [3.8, 4) is 0 Å². The van der Waals surface area contributed by atoms with Crippen molar-refractivity contribution in [2.24, 2.45) is 17.8 Å². The fourth-order valence-electron chi connectivity index (χ4n) is 2.39. The van der Waals surface area contributed by atoms with Gasteiger partial charge >= 0.3 is 0 Å². The molecule has 0 radical (unpaired) electrons. The molecule has 3 heteroatoms. The maximum Gasteiger partial charge on any atom is 0.225 e. The molecule has 1 atom stereocenters. The Morgan fingerprint density at radius 2 is 1.88 bits per heavy atom. The van der Waals surface area contributed by atoms with Gasteiger partial charge in [-0.05, 0) is 31.8 Å². The van der Waals surface area contributed by atoms with Crippen molar-refractivity contribution in [2.45, 2.75) is 40.5 Å². The van der Waals surface area contributed by atoms with Crippen molar-refractivity contribution in [3.63, 3.8) is 0 Å². The van der Waals surface area contributed by atoms with Crippen LogP contribution in [-0.4, -0.2) is 37.0 Å². The van der Waals surface area contributed by atoms with Crippen molar-refractivity contribution >= 4 is 5.91 Å². The van der Waals surface area contributed by atoms with Gasteiger partial charge in [0.1, 0.15) is 0 Å². The van der Waals surface area contributed by atoms with Gasteiger partial charge in [-0.2, -0.15) is 0 Å². The highest BCUT2D eigenvalue weighted by atomic mass is 16.2. The van der Waals surface area contributed by atoms with Gasteiger partial charge in [-0.1, -0.05) is 33.6 Å². The van der Waals surface area contributed by atoms with Gasteiger partial charge in [-0.25, -0.2) is 0 Å². The summed E-state index contributed by atoms with van der Waals surface area (Å²) in [5.74, 6) is 1.75. The molecule has 0 spiro atoms. The van der Waals surface area contributed by atoms with Gasteiger partial charge in [-0.3, -0.25) is 4.79 Å². The van der Waals surface area contributed by atoms with Gasteiger partial charge in [0.05, 0.1) is 0 Å². The molecule has 1 fully saturated rings. The predicted octanol–water partition coefficient (Wildman–Crippen LogP) is 2.13. The number of hydrogen-bond donors (Lipinski definition) is 1. The molecule has 1 aliphatic rings. The Morgan fingerprint density at radius 1 is 1.29 bits per heavy atom. The third-order valence-corrected chi connectivity index (χ3v) is 4.24. The Kier molecular flexibility index (Phi) is 5.96. The van der Waals surface area contributed by atoms with Crippen LogP contribution in [0, 0.1) is 17.8 Å². The molecule has 17 heavy (non-hydrogen) atoms. The Balaban J connectivity index is 2.50. The maximum absolute atomic E-state index is 12.4. The minimum Gasteiger partial charge on any atom is -0.342 e. The molecule has 0 bridgehead atoms. The first kappa shape index (κ1) is 14.5. The Labute approximate surface area is 106 Å². The van der Waals surface area contributed by atoms with E-state index in [4.69, 9.17) is 0 Å². The minimum absolute atomic E-state index is 0.186. The summed E-state index contributed by atoms with van der Waals surface area (Å²) in [7, 11) is 0. The van der Waals surface area contributed by atoms with Crippen molar-refractivity contribution in [2.75, 3.05) is 26.2 Å². The summed E-state index contributed by atoms with van der Waals surface area (Å²) >= 11 is 0. The first-order valence-electron chi connectivity index (χ1n) is 7.13. The summed E-state index contributed by atoms with van der Waals surface area (Å²) in [5.41, 5.74) is 0. The zero-order valence-corrected chi connectivity index (χ0v) is 11.8. The number of carbonyl (C=O) groups excluding carboxylic acids is 1. The van der Waals surface area contributed by atoms with Crippen LogP contribution in [0.3, 0.4) is 0 Å². The van der Waals surface area contributed by atoms with Crippen LogP contribution in [0.2, 0.25) is 0 Å². The van der Waals surface area contributed by atoms with E-state index in [9.17, 15) is 4.79 Å². The van der Waals surface area contributed by atoms with Crippen LogP contribution >= 0.6 is 0 Å². The second-order valence-electron chi connectivity index (χ2n) is 5.27. The van der Waals surface area contributed by atoms with Crippen molar-refractivity contribution < 1.29 is 4.79 Å². The third-order valence-electron chi connectivity index (χ3n) is 4.24. The molecule has 1 saturated heterocycles. The molecule has 1 N–H and O–H groups in total. The lowest BCUT2D eigenvalue weighted by atomic mass is 9.87. The molecule has 0 aliphatic carbocycles. The lowest BCUT2D eigenvalue weighted by molar-refractivity contribution is -0.137. The maximum atomic E-state index is 12.4. The van der Waals surface area contributed by atoms with E-state index in [1.54, 1.807) is 0 Å². The molecule has 1 amide bonds. The lowest BCUT2D eigenvalue weighted by Crippen LogP contribution is -2.51. The van der Waals surface area contributed by atoms with Crippen molar-refractivity contribution in [1.82, 2.24) is 10.2 Å². The zero-order chi connectivity index (χ0) is 12.8. The standard InChI is InChI=1S/C14H28N2O/c1-5-12(6-2)10-16(7-3)14(17)11(4)13-8-15-9-13/h11-13,15H,5-10H2,1-4H3. The van der Waals surface area contributed by atoms with Crippen molar-refractivity contribution in [3.05, 3.63) is 0 Å². The van der Waals surface area contributed by atoms with Gasteiger partial charge in [0.2, 0.25) is 5.91 Å². The second kappa shape index (κ2) is 7.00. The second-order valence-corrected chi connectivity index (χ2v) is 5.27. The van der Waals surface area contributed by atoms with Crippen LogP contribution in [0.15, 0.2) is 0 Å². The smallest absolute Gasteiger partial charge is 0.225 e. The summed E-state index contributed by atoms with van der Waals surface area (Å²) in [6, 6.07) is 0. The quantitative estimate of drug-likeness (QED) is 0.739. The van der Waals surface area contributed by atoms with Crippen LogP contribution in [0.25, 0.3) is 0 Å². The summed E-state index contributed by atoms with van der Waals surface area (Å²) < 4.78 is 0. The highest BCUT2D eigenvalue weighted by molar-refractivity contribution is 5.79. The number of nitrogens with zero attached hydrogens (tertiary/aromatic N) is 1. The van der Waals surface area contributed by atoms with Crippen molar-refractivity contribution in [1.29, 1.82) is 0 Å². The first-order valence-corrected chi connectivity index (χ1v) is 7.13. The number of carbonyl (C=O) groups is 1. The molecular weight excluding hydrogens is 212 g/mol. The molecule has 0 saturated carbocycles. The molecule has 1 heterocycles. The van der Waals surface area contributed by atoms with E-state index in [1.165, 1.54) is 12.8 Å². The molecule has 0 aromatic heterocycles. The Morgan fingerprint density at radius 3 is 2.24 bits per heavy atom. The average molecular weight is 240 g/mol. The topological polar surface area (TPSA) is 32.3 Å². The summed E-state index contributed by atoms with van der Waals surface area (Å²) in [5, 5.41) is 3.25. The van der Waals surface area contributed by atoms with E-state index in [-0.39, 0.29) is 5.92 Å². The van der Waals surface area contributed by atoms with E-state index in [2.05, 4.69) is 37.9 Å². The molecule has 0 aromatic rings. The van der Waals surface area contributed by atoms with Gasteiger partial charge in [0.15, 0.2) is 0 Å². The van der Waals surface area contributed by atoms with Crippen LogP contribution in [0.5, 0.6) is 0 Å². The molecule has 1 rings (SSSR count). The van der Waals surface area contributed by atoms with E-state index >= 15 is 0 Å². The van der Waals surface area contributed by atoms with E-state index < -0.39 is 0 Å². The van der Waals surface area contributed by atoms with Crippen LogP contribution < -0.4 is 5.32 Å². The number of amides is 1. The van der Waals surface area contributed by atoms with E-state index in [0.29, 0.717) is 17.7 Å². The van der Waals surface area contributed by atoms with Crippen LogP contribution in [0.1, 0.15) is 40.5 Å². The normalized spacial score (nSPS) is 17.9. The number of nitrogens with one attached hydrogen (secondary N) is 1. The average Bonchev–Trinajstić information content (AvgIpc) is 2.27. The number of hydrogen-bond acceptors (Lipinski definition) is 2. The minimum atomic E-state index is 0.186. The molecule has 3 nitrogen and oxygen atoms in total. The van der Waals surface area contributed by atoms with E-state index in [0.717, 1.165) is 26.2 Å². The van der Waals surface area contributed by atoms with Gasteiger partial charge in [-0.15, -0.1) is 0 Å². The summed E-state index contributed by atoms with van der Waals surface area (Å²) in [4.78, 5) is 14.4. The lowest BCUT2D eigenvalue weighted by Gasteiger charge is -2.35. The summed E-state index contributed by atoms with van der Waals surface area (Å²) in [6.45, 7) is 12.4. The fraction of sp³-hybridized carbons (Fsp3) is 0.929. The first-order chi connectivity index (χ1) is 8.13. The Bertz CT molecular complexity index is 234. The molecule has 100 valence electrons.